The third-order valence-corrected chi connectivity index (χ3v) is 8.38. The molecule has 1 heterocycles. The number of anilines is 1. The van der Waals surface area contributed by atoms with Gasteiger partial charge in [-0.05, 0) is 56.7 Å². The maximum Gasteiger partial charge on any atom is 0.236 e. The molecule has 2 aromatic rings. The molecule has 0 N–H and O–H groups in total. The number of fused-ring (bicyclic) bond motifs is 1. The molecule has 2 aliphatic rings. The Morgan fingerprint density at radius 1 is 1.12 bits per heavy atom. The Bertz CT molecular complexity index is 1270. The summed E-state index contributed by atoms with van der Waals surface area (Å²) in [5.74, 6) is -0.430. The zero-order chi connectivity index (χ0) is 24.0. The van der Waals surface area contributed by atoms with Gasteiger partial charge in [0.25, 0.3) is 0 Å². The fourth-order valence-corrected chi connectivity index (χ4v) is 6.04. The zero-order valence-corrected chi connectivity index (χ0v) is 19.8. The van der Waals surface area contributed by atoms with E-state index in [1.54, 1.807) is 47.4 Å². The SMILES string of the molecule is CCN1C(=O)C(C)(C)COc2cc(C3(S(=O)(=O)c4ccc(OC)c(F)c4)C=CC=C3)ccc21. The van der Waals surface area contributed by atoms with E-state index in [1.807, 2.05) is 20.8 Å². The number of methoxy groups -OCH3 is 1. The number of ether oxygens (including phenoxy) is 2. The van der Waals surface area contributed by atoms with Crippen LogP contribution in [0.15, 0.2) is 65.6 Å². The Balaban J connectivity index is 1.86. The van der Waals surface area contributed by atoms with Crippen molar-refractivity contribution in [3.63, 3.8) is 0 Å². The molecule has 33 heavy (non-hydrogen) atoms. The molecule has 6 nitrogen and oxygen atoms in total. The van der Waals surface area contributed by atoms with Crippen molar-refractivity contribution in [2.24, 2.45) is 5.41 Å². The number of nitrogens with zero attached hydrogens (tertiary/aromatic N) is 1. The van der Waals surface area contributed by atoms with Crippen LogP contribution in [0, 0.1) is 11.2 Å². The minimum absolute atomic E-state index is 0.0362. The van der Waals surface area contributed by atoms with Crippen LogP contribution in [0.25, 0.3) is 0 Å². The second-order valence-electron chi connectivity index (χ2n) is 8.72. The highest BCUT2D eigenvalue weighted by Gasteiger charge is 2.45. The molecule has 0 saturated carbocycles. The monoisotopic (exact) mass is 471 g/mol. The first-order chi connectivity index (χ1) is 15.6. The number of amides is 1. The van der Waals surface area contributed by atoms with Crippen LogP contribution in [0.4, 0.5) is 10.1 Å². The summed E-state index contributed by atoms with van der Waals surface area (Å²) in [5.41, 5.74) is 0.295. The van der Waals surface area contributed by atoms with Crippen LogP contribution in [-0.4, -0.2) is 34.6 Å². The first-order valence-corrected chi connectivity index (χ1v) is 12.1. The first-order valence-electron chi connectivity index (χ1n) is 10.6. The highest BCUT2D eigenvalue weighted by Crippen LogP contribution is 2.45. The second kappa shape index (κ2) is 8.02. The lowest BCUT2D eigenvalue weighted by molar-refractivity contribution is -0.127. The molecule has 8 heteroatoms. The summed E-state index contributed by atoms with van der Waals surface area (Å²) < 4.78 is 51.4. The highest BCUT2D eigenvalue weighted by molar-refractivity contribution is 7.92. The number of hydrogen-bond acceptors (Lipinski definition) is 5. The van der Waals surface area contributed by atoms with Crippen LogP contribution in [0.5, 0.6) is 11.5 Å². The van der Waals surface area contributed by atoms with Crippen molar-refractivity contribution < 1.29 is 27.1 Å². The van der Waals surface area contributed by atoms with Crippen molar-refractivity contribution in [3.05, 3.63) is 72.1 Å². The standard InChI is InChI=1S/C25H26FNO5S/c1-5-27-20-10-8-17(14-22(20)32-16-24(2,3)23(27)28)25(12-6-7-13-25)33(29,30)18-9-11-21(31-4)19(26)15-18/h6-15H,5,16H2,1-4H3. The molecule has 1 amide bonds. The minimum atomic E-state index is -4.09. The van der Waals surface area contributed by atoms with E-state index in [-0.39, 0.29) is 23.2 Å². The number of halogens is 1. The summed E-state index contributed by atoms with van der Waals surface area (Å²) in [4.78, 5) is 14.5. The predicted octanol–water partition coefficient (Wildman–Crippen LogP) is 4.40. The van der Waals surface area contributed by atoms with E-state index in [0.717, 1.165) is 6.07 Å². The number of benzene rings is 2. The van der Waals surface area contributed by atoms with Crippen LogP contribution in [0.2, 0.25) is 0 Å². The summed E-state index contributed by atoms with van der Waals surface area (Å²) >= 11 is 0. The molecule has 2 aromatic carbocycles. The lowest BCUT2D eigenvalue weighted by Gasteiger charge is -2.29. The van der Waals surface area contributed by atoms with Gasteiger partial charge in [0.1, 0.15) is 17.1 Å². The number of carbonyl (C=O) groups excluding carboxylic acids is 1. The zero-order valence-electron chi connectivity index (χ0n) is 19.0. The number of carbonyl (C=O) groups is 1. The largest absolute Gasteiger partial charge is 0.494 e. The van der Waals surface area contributed by atoms with E-state index in [4.69, 9.17) is 9.47 Å². The van der Waals surface area contributed by atoms with Crippen molar-refractivity contribution in [1.82, 2.24) is 0 Å². The van der Waals surface area contributed by atoms with Gasteiger partial charge in [-0.25, -0.2) is 12.8 Å². The molecule has 0 spiro atoms. The van der Waals surface area contributed by atoms with Gasteiger partial charge in [0.05, 0.1) is 23.1 Å². The summed E-state index contributed by atoms with van der Waals surface area (Å²) in [5, 5.41) is 0. The van der Waals surface area contributed by atoms with Crippen molar-refractivity contribution in [2.75, 3.05) is 25.2 Å². The molecule has 4 rings (SSSR count). The van der Waals surface area contributed by atoms with Gasteiger partial charge in [-0.1, -0.05) is 30.4 Å². The van der Waals surface area contributed by atoms with Gasteiger partial charge < -0.3 is 14.4 Å². The molecule has 0 bridgehead atoms. The van der Waals surface area contributed by atoms with E-state index in [1.165, 1.54) is 19.2 Å². The Labute approximate surface area is 193 Å². The van der Waals surface area contributed by atoms with Crippen molar-refractivity contribution in [3.8, 4) is 11.5 Å². The molecule has 0 radical (unpaired) electrons. The van der Waals surface area contributed by atoms with E-state index in [0.29, 0.717) is 23.5 Å². The second-order valence-corrected chi connectivity index (χ2v) is 10.9. The van der Waals surface area contributed by atoms with Gasteiger partial charge in [-0.15, -0.1) is 0 Å². The molecule has 1 aliphatic heterocycles. The Morgan fingerprint density at radius 3 is 2.42 bits per heavy atom. The molecule has 1 aliphatic carbocycles. The summed E-state index contributed by atoms with van der Waals surface area (Å²) in [6, 6.07) is 8.64. The average Bonchev–Trinajstić information content (AvgIpc) is 3.27. The maximum absolute atomic E-state index is 14.4. The number of sulfone groups is 1. The van der Waals surface area contributed by atoms with E-state index in [9.17, 15) is 17.6 Å². The molecule has 0 saturated heterocycles. The van der Waals surface area contributed by atoms with Gasteiger partial charge >= 0.3 is 0 Å². The van der Waals surface area contributed by atoms with Crippen molar-refractivity contribution >= 4 is 21.4 Å². The number of hydrogen-bond donors (Lipinski definition) is 0. The van der Waals surface area contributed by atoms with Crippen LogP contribution in [0.1, 0.15) is 26.3 Å². The molecule has 174 valence electrons. The summed E-state index contributed by atoms with van der Waals surface area (Å²) in [6.45, 7) is 6.12. The normalized spacial score (nSPS) is 18.6. The summed E-state index contributed by atoms with van der Waals surface area (Å²) in [7, 11) is -2.78. The summed E-state index contributed by atoms with van der Waals surface area (Å²) in [6.07, 6.45) is 6.43. The van der Waals surface area contributed by atoms with E-state index >= 15 is 0 Å². The van der Waals surface area contributed by atoms with E-state index in [2.05, 4.69) is 0 Å². The molecule has 0 aromatic heterocycles. The number of allylic oxidation sites excluding steroid dienone is 2. The third kappa shape index (κ3) is 3.53. The fraction of sp³-hybridized carbons (Fsp3) is 0.320. The Morgan fingerprint density at radius 2 is 1.82 bits per heavy atom. The molecule has 0 unspecified atom stereocenters. The van der Waals surface area contributed by atoms with Gasteiger partial charge in [0.15, 0.2) is 21.4 Å². The van der Waals surface area contributed by atoms with Crippen molar-refractivity contribution in [1.29, 1.82) is 0 Å². The minimum Gasteiger partial charge on any atom is -0.494 e. The van der Waals surface area contributed by atoms with Crippen LogP contribution in [0.3, 0.4) is 0 Å². The van der Waals surface area contributed by atoms with Crippen LogP contribution < -0.4 is 14.4 Å². The van der Waals surface area contributed by atoms with Gasteiger partial charge in [-0.2, -0.15) is 0 Å². The smallest absolute Gasteiger partial charge is 0.236 e. The van der Waals surface area contributed by atoms with Crippen LogP contribution >= 0.6 is 0 Å². The number of rotatable bonds is 5. The van der Waals surface area contributed by atoms with Gasteiger partial charge in [0, 0.05) is 6.54 Å². The molecular weight excluding hydrogens is 445 g/mol. The van der Waals surface area contributed by atoms with Gasteiger partial charge in [-0.3, -0.25) is 4.79 Å². The third-order valence-electron chi connectivity index (χ3n) is 6.11. The molecular formula is C25H26FNO5S. The highest BCUT2D eigenvalue weighted by atomic mass is 32.2. The average molecular weight is 472 g/mol. The van der Waals surface area contributed by atoms with Gasteiger partial charge in [0.2, 0.25) is 5.91 Å². The lowest BCUT2D eigenvalue weighted by Crippen LogP contribution is -2.42. The molecule has 0 atom stereocenters. The van der Waals surface area contributed by atoms with Crippen molar-refractivity contribution in [2.45, 2.75) is 30.4 Å². The Kier molecular flexibility index (Phi) is 5.60. The molecule has 0 fully saturated rings. The predicted molar refractivity (Wildman–Crippen MR) is 124 cm³/mol. The first kappa shape index (κ1) is 23.0. The quantitative estimate of drug-likeness (QED) is 0.646. The lowest BCUT2D eigenvalue weighted by atomic mass is 9.93. The Hall–Kier alpha value is -3.13. The topological polar surface area (TPSA) is 72.9 Å². The fourth-order valence-electron chi connectivity index (χ4n) is 4.19. The van der Waals surface area contributed by atoms with E-state index < -0.39 is 25.8 Å². The maximum atomic E-state index is 14.4. The van der Waals surface area contributed by atoms with Crippen LogP contribution in [-0.2, 0) is 19.4 Å².